The van der Waals surface area contributed by atoms with Crippen LogP contribution in [-0.2, 0) is 0 Å². The minimum atomic E-state index is 0.690. The van der Waals surface area contributed by atoms with Gasteiger partial charge in [0.05, 0.1) is 5.70 Å². The van der Waals surface area contributed by atoms with E-state index in [9.17, 15) is 0 Å². The van der Waals surface area contributed by atoms with E-state index in [0.717, 1.165) is 12.1 Å². The quantitative estimate of drug-likeness (QED) is 0.594. The van der Waals surface area contributed by atoms with Crippen LogP contribution in [0.3, 0.4) is 0 Å². The summed E-state index contributed by atoms with van der Waals surface area (Å²) in [5, 5.41) is 3.94. The zero-order valence-corrected chi connectivity index (χ0v) is 7.11. The summed E-state index contributed by atoms with van der Waals surface area (Å²) >= 11 is 1.65. The Morgan fingerprint density at radius 3 is 3.00 bits per heavy atom. The minimum absolute atomic E-state index is 0.690. The van der Waals surface area contributed by atoms with Crippen LogP contribution in [0.1, 0.15) is 20.3 Å². The van der Waals surface area contributed by atoms with Gasteiger partial charge in [-0.2, -0.15) is 0 Å². The maximum atomic E-state index is 4.10. The van der Waals surface area contributed by atoms with Gasteiger partial charge in [0, 0.05) is 5.41 Å². The van der Waals surface area contributed by atoms with Gasteiger partial charge in [-0.05, 0) is 23.6 Å². The zero-order valence-electron chi connectivity index (χ0n) is 6.29. The molecule has 0 N–H and O–H groups in total. The summed E-state index contributed by atoms with van der Waals surface area (Å²) in [5.41, 5.74) is 1.16. The fourth-order valence-corrected chi connectivity index (χ4v) is 1.28. The Hall–Kier alpha value is -0.460. The van der Waals surface area contributed by atoms with Crippen LogP contribution in [0, 0.1) is 5.92 Å². The monoisotopic (exact) mass is 153 g/mol. The predicted octanol–water partition coefficient (Wildman–Crippen LogP) is 2.80. The lowest BCUT2D eigenvalue weighted by molar-refractivity contribution is 0.640. The Labute approximate surface area is 65.9 Å². The lowest BCUT2D eigenvalue weighted by Gasteiger charge is -2.04. The van der Waals surface area contributed by atoms with Crippen LogP contribution in [0.4, 0.5) is 0 Å². The van der Waals surface area contributed by atoms with Gasteiger partial charge in [0.2, 0.25) is 0 Å². The van der Waals surface area contributed by atoms with Gasteiger partial charge in [-0.3, -0.25) is 0 Å². The summed E-state index contributed by atoms with van der Waals surface area (Å²) in [4.78, 5) is 4.10. The average Bonchev–Trinajstić information content (AvgIpc) is 1.88. The number of aliphatic imine (C=N–C) groups is 1. The number of hydrogen-bond donors (Lipinski definition) is 0. The molecule has 0 bridgehead atoms. The van der Waals surface area contributed by atoms with Crippen LogP contribution in [0.15, 0.2) is 21.5 Å². The third-order valence-electron chi connectivity index (χ3n) is 1.15. The molecule has 1 nitrogen and oxygen atoms in total. The third kappa shape index (κ3) is 2.42. The smallest absolute Gasteiger partial charge is 0.0572 e. The molecule has 0 aromatic rings. The largest absolute Gasteiger partial charge is 0.210 e. The van der Waals surface area contributed by atoms with Gasteiger partial charge in [0.1, 0.15) is 0 Å². The Bertz CT molecular complexity index is 197. The van der Waals surface area contributed by atoms with Gasteiger partial charge < -0.3 is 0 Å². The molecule has 0 spiro atoms. The highest BCUT2D eigenvalue weighted by Gasteiger charge is 1.99. The molecule has 0 saturated carbocycles. The van der Waals surface area contributed by atoms with Crippen molar-refractivity contribution >= 4 is 17.6 Å². The van der Waals surface area contributed by atoms with Gasteiger partial charge in [-0.15, -0.1) is 0 Å². The third-order valence-corrected chi connectivity index (χ3v) is 1.80. The van der Waals surface area contributed by atoms with E-state index in [0.29, 0.717) is 5.92 Å². The molecule has 0 unspecified atom stereocenters. The second-order valence-electron chi connectivity index (χ2n) is 2.70. The number of thioether (sulfide) groups is 1. The minimum Gasteiger partial charge on any atom is -0.210 e. The fourth-order valence-electron chi connectivity index (χ4n) is 0.791. The molecule has 1 rings (SSSR count). The fraction of sp³-hybridized carbons (Fsp3) is 0.500. The van der Waals surface area contributed by atoms with Gasteiger partial charge in [-0.25, -0.2) is 4.99 Å². The van der Waals surface area contributed by atoms with Crippen LogP contribution in [0.5, 0.6) is 0 Å². The van der Waals surface area contributed by atoms with Gasteiger partial charge in [-0.1, -0.05) is 25.6 Å². The van der Waals surface area contributed by atoms with Crippen molar-refractivity contribution in [3.05, 3.63) is 16.5 Å². The molecule has 0 aliphatic carbocycles. The lowest BCUT2D eigenvalue weighted by atomic mass is 10.1. The lowest BCUT2D eigenvalue weighted by Crippen LogP contribution is -1.89. The number of rotatable bonds is 2. The van der Waals surface area contributed by atoms with E-state index in [1.54, 1.807) is 11.8 Å². The Morgan fingerprint density at radius 2 is 2.50 bits per heavy atom. The summed E-state index contributed by atoms with van der Waals surface area (Å²) in [7, 11) is 0. The van der Waals surface area contributed by atoms with E-state index in [1.807, 2.05) is 5.41 Å². The van der Waals surface area contributed by atoms with E-state index in [4.69, 9.17) is 0 Å². The van der Waals surface area contributed by atoms with Crippen LogP contribution in [-0.4, -0.2) is 5.87 Å². The highest BCUT2D eigenvalue weighted by Crippen LogP contribution is 2.18. The van der Waals surface area contributed by atoms with Crippen molar-refractivity contribution in [3.63, 3.8) is 0 Å². The van der Waals surface area contributed by atoms with Crippen molar-refractivity contribution in [1.29, 1.82) is 0 Å². The number of nitrogens with zero attached hydrogens (tertiary/aromatic N) is 1. The van der Waals surface area contributed by atoms with E-state index in [1.165, 1.54) is 0 Å². The van der Waals surface area contributed by atoms with Gasteiger partial charge in [0.25, 0.3) is 0 Å². The second kappa shape index (κ2) is 3.65. The topological polar surface area (TPSA) is 12.4 Å². The summed E-state index contributed by atoms with van der Waals surface area (Å²) in [6.45, 7) is 4.39. The molecule has 0 atom stereocenters. The highest BCUT2D eigenvalue weighted by atomic mass is 32.2. The van der Waals surface area contributed by atoms with Crippen molar-refractivity contribution in [2.75, 3.05) is 0 Å². The number of allylic oxidation sites excluding steroid dienone is 1. The molecule has 2 heteroatoms. The van der Waals surface area contributed by atoms with Crippen molar-refractivity contribution < 1.29 is 0 Å². The van der Waals surface area contributed by atoms with E-state index >= 15 is 0 Å². The van der Waals surface area contributed by atoms with Crippen LogP contribution in [0.2, 0.25) is 0 Å². The first kappa shape index (κ1) is 7.64. The van der Waals surface area contributed by atoms with Crippen LogP contribution >= 0.6 is 11.8 Å². The molecule has 0 aromatic heterocycles. The molecule has 1 aliphatic heterocycles. The van der Waals surface area contributed by atoms with E-state index in [-0.39, 0.29) is 0 Å². The second-order valence-corrected chi connectivity index (χ2v) is 3.45. The first-order chi connectivity index (χ1) is 4.79. The zero-order chi connectivity index (χ0) is 7.40. The maximum Gasteiger partial charge on any atom is 0.0572 e. The molecular formula is C8H11NS. The molecule has 1 heterocycles. The molecule has 0 amide bonds. The average molecular weight is 153 g/mol. The molecule has 0 saturated heterocycles. The van der Waals surface area contributed by atoms with Crippen molar-refractivity contribution in [2.45, 2.75) is 20.3 Å². The highest BCUT2D eigenvalue weighted by molar-refractivity contribution is 8.05. The van der Waals surface area contributed by atoms with Crippen molar-refractivity contribution in [3.8, 4) is 0 Å². The van der Waals surface area contributed by atoms with Crippen molar-refractivity contribution in [1.82, 2.24) is 0 Å². The molecule has 0 fully saturated rings. The van der Waals surface area contributed by atoms with Crippen molar-refractivity contribution in [2.24, 2.45) is 10.9 Å². The van der Waals surface area contributed by atoms with E-state index in [2.05, 4.69) is 30.1 Å². The first-order valence-electron chi connectivity index (χ1n) is 3.41. The summed E-state index contributed by atoms with van der Waals surface area (Å²) in [6.07, 6.45) is 1.06. The standard InChI is InChI=1S/C8H11NS/c1-7(2)5-8-6-10-4-3-9-8/h4,6-7H,5H2,1-2H3. The van der Waals surface area contributed by atoms with E-state index < -0.39 is 0 Å². The number of hydrogen-bond acceptors (Lipinski definition) is 2. The summed E-state index contributed by atoms with van der Waals surface area (Å²) in [5.74, 6) is 3.53. The van der Waals surface area contributed by atoms with Gasteiger partial charge in [0.15, 0.2) is 0 Å². The first-order valence-corrected chi connectivity index (χ1v) is 4.36. The Balaban J connectivity index is 2.50. The predicted molar refractivity (Wildman–Crippen MR) is 47.1 cm³/mol. The molecular weight excluding hydrogens is 142 g/mol. The molecule has 1 aliphatic rings. The summed E-state index contributed by atoms with van der Waals surface area (Å²) in [6, 6.07) is 0. The Morgan fingerprint density at radius 1 is 1.70 bits per heavy atom. The molecule has 54 valence electrons. The Kier molecular flexibility index (Phi) is 2.79. The summed E-state index contributed by atoms with van der Waals surface area (Å²) < 4.78 is 0. The normalized spacial score (nSPS) is 16.1. The van der Waals surface area contributed by atoms with Crippen LogP contribution < -0.4 is 0 Å². The van der Waals surface area contributed by atoms with Crippen LogP contribution in [0.25, 0.3) is 0 Å². The molecule has 0 radical (unpaired) electrons. The SMILES string of the molecule is CC(C)CC1=CSC=C=N1. The molecule has 0 aromatic carbocycles. The maximum absolute atomic E-state index is 4.10. The van der Waals surface area contributed by atoms with Gasteiger partial charge >= 0.3 is 0 Å². The molecule has 10 heavy (non-hydrogen) atoms.